The van der Waals surface area contributed by atoms with Crippen LogP contribution in [0.15, 0.2) is 67.0 Å². The Morgan fingerprint density at radius 2 is 1.74 bits per heavy atom. The molecular weight excluding hydrogens is 486 g/mol. The summed E-state index contributed by atoms with van der Waals surface area (Å²) in [5, 5.41) is 8.00. The molecule has 4 heterocycles. The van der Waals surface area contributed by atoms with E-state index in [9.17, 15) is 4.79 Å². The number of amides is 1. The Morgan fingerprint density at radius 1 is 0.949 bits per heavy atom. The smallest absolute Gasteiger partial charge is 0.258 e. The number of hydrogen-bond donors (Lipinski definition) is 0. The molecule has 196 valence electrons. The molecule has 1 fully saturated rings. The van der Waals surface area contributed by atoms with E-state index >= 15 is 0 Å². The van der Waals surface area contributed by atoms with Gasteiger partial charge in [-0.3, -0.25) is 4.79 Å². The van der Waals surface area contributed by atoms with Crippen molar-refractivity contribution in [3.05, 3.63) is 89.2 Å². The number of aryl methyl sites for hydroxylation is 1. The summed E-state index contributed by atoms with van der Waals surface area (Å²) in [5.74, 6) is 1.68. The minimum atomic E-state index is 0.0590. The van der Waals surface area contributed by atoms with Gasteiger partial charge >= 0.3 is 0 Å². The predicted molar refractivity (Wildman–Crippen MR) is 151 cm³/mol. The summed E-state index contributed by atoms with van der Waals surface area (Å²) in [6.45, 7) is 5.67. The number of rotatable bonds is 3. The van der Waals surface area contributed by atoms with Gasteiger partial charge in [0.1, 0.15) is 5.75 Å². The molecule has 3 aliphatic heterocycles. The molecule has 0 unspecified atom stereocenters. The van der Waals surface area contributed by atoms with E-state index in [1.54, 1.807) is 12.4 Å². The molecule has 1 amide bonds. The van der Waals surface area contributed by atoms with Crippen LogP contribution in [0.25, 0.3) is 22.5 Å². The highest BCUT2D eigenvalue weighted by molar-refractivity contribution is 6.08. The normalized spacial score (nSPS) is 17.6. The fourth-order valence-corrected chi connectivity index (χ4v) is 6.37. The van der Waals surface area contributed by atoms with E-state index in [2.05, 4.69) is 64.4 Å². The summed E-state index contributed by atoms with van der Waals surface area (Å²) in [7, 11) is 2.19. The van der Waals surface area contributed by atoms with E-state index in [4.69, 9.17) is 4.74 Å². The number of likely N-dealkylation sites (tertiary alicyclic amines) is 1. The molecule has 39 heavy (non-hydrogen) atoms. The van der Waals surface area contributed by atoms with Crippen LogP contribution in [0, 0.1) is 6.92 Å². The molecule has 3 aromatic carbocycles. The number of anilines is 1. The summed E-state index contributed by atoms with van der Waals surface area (Å²) in [5.41, 5.74) is 8.52. The number of ether oxygens (including phenoxy) is 1. The lowest BCUT2D eigenvalue weighted by Gasteiger charge is -2.37. The Kier molecular flexibility index (Phi) is 5.70. The maximum absolute atomic E-state index is 13.8. The minimum Gasteiger partial charge on any atom is -0.492 e. The highest BCUT2D eigenvalue weighted by atomic mass is 16.5. The van der Waals surface area contributed by atoms with E-state index in [0.29, 0.717) is 12.4 Å². The van der Waals surface area contributed by atoms with Gasteiger partial charge in [-0.25, -0.2) is 4.98 Å². The van der Waals surface area contributed by atoms with Crippen molar-refractivity contribution in [2.24, 2.45) is 0 Å². The first-order chi connectivity index (χ1) is 19.0. The van der Waals surface area contributed by atoms with Crippen molar-refractivity contribution >= 4 is 11.6 Å². The second-order valence-electron chi connectivity index (χ2n) is 11.1. The summed E-state index contributed by atoms with van der Waals surface area (Å²) < 4.78 is 6.20. The monoisotopic (exact) mass is 517 g/mol. The molecule has 1 spiro atoms. The molecule has 0 N–H and O–H groups in total. The van der Waals surface area contributed by atoms with Crippen LogP contribution < -0.4 is 9.64 Å². The van der Waals surface area contributed by atoms with Crippen molar-refractivity contribution in [3.63, 3.8) is 0 Å². The number of carbonyl (C=O) groups excluding carboxylic acids is 1. The minimum absolute atomic E-state index is 0.0590. The van der Waals surface area contributed by atoms with Crippen LogP contribution in [0.5, 0.6) is 5.75 Å². The van der Waals surface area contributed by atoms with Gasteiger partial charge < -0.3 is 14.5 Å². The van der Waals surface area contributed by atoms with Crippen molar-refractivity contribution in [3.8, 4) is 28.3 Å². The maximum Gasteiger partial charge on any atom is 0.258 e. The standard InChI is InChI=1S/C32H31N5O2/c1-21-17-25(7-8-26(21)22-3-5-23(6-4-22)30-33-12-13-34-35-30)31(38)37-14-9-24-18-29-27(19-28(24)37)32(20-39-29)10-15-36(2)16-11-32/h3-8,12-13,17-19H,9-11,14-16,20H2,1-2H3. The largest absolute Gasteiger partial charge is 0.492 e. The van der Waals surface area contributed by atoms with Gasteiger partial charge in [-0.2, -0.15) is 5.10 Å². The number of nitrogens with zero attached hydrogens (tertiary/aromatic N) is 5. The first-order valence-corrected chi connectivity index (χ1v) is 13.7. The summed E-state index contributed by atoms with van der Waals surface area (Å²) in [4.78, 5) is 22.4. The maximum atomic E-state index is 13.8. The summed E-state index contributed by atoms with van der Waals surface area (Å²) in [6, 6.07) is 18.6. The summed E-state index contributed by atoms with van der Waals surface area (Å²) >= 11 is 0. The van der Waals surface area contributed by atoms with Crippen molar-refractivity contribution in [2.75, 3.05) is 38.2 Å². The van der Waals surface area contributed by atoms with Gasteiger partial charge in [0.15, 0.2) is 5.82 Å². The molecular formula is C32H31N5O2. The molecule has 0 atom stereocenters. The first kappa shape index (κ1) is 24.0. The van der Waals surface area contributed by atoms with Crippen LogP contribution in [-0.4, -0.2) is 59.3 Å². The lowest BCUT2D eigenvalue weighted by Crippen LogP contribution is -2.42. The molecule has 0 saturated carbocycles. The molecule has 7 nitrogen and oxygen atoms in total. The molecule has 3 aliphatic rings. The van der Waals surface area contributed by atoms with Crippen molar-refractivity contribution < 1.29 is 9.53 Å². The van der Waals surface area contributed by atoms with Gasteiger partial charge in [0, 0.05) is 40.5 Å². The van der Waals surface area contributed by atoms with E-state index in [1.165, 1.54) is 11.1 Å². The fourth-order valence-electron chi connectivity index (χ4n) is 6.37. The first-order valence-electron chi connectivity index (χ1n) is 13.7. The lowest BCUT2D eigenvalue weighted by molar-refractivity contribution is 0.0989. The molecule has 0 radical (unpaired) electrons. The molecule has 7 rings (SSSR count). The third-order valence-corrected chi connectivity index (χ3v) is 8.75. The third kappa shape index (κ3) is 4.08. The zero-order valence-electron chi connectivity index (χ0n) is 22.4. The molecule has 0 bridgehead atoms. The van der Waals surface area contributed by atoms with Crippen molar-refractivity contribution in [1.29, 1.82) is 0 Å². The molecule has 7 heteroatoms. The number of hydrogen-bond acceptors (Lipinski definition) is 6. The van der Waals surface area contributed by atoms with Crippen molar-refractivity contribution in [2.45, 2.75) is 31.6 Å². The van der Waals surface area contributed by atoms with Crippen LogP contribution in [-0.2, 0) is 11.8 Å². The Balaban J connectivity index is 1.15. The van der Waals surface area contributed by atoms with Gasteiger partial charge in [-0.15, -0.1) is 5.10 Å². The highest BCUT2D eigenvalue weighted by Crippen LogP contribution is 2.49. The van der Waals surface area contributed by atoms with Crippen LogP contribution in [0.3, 0.4) is 0 Å². The fraction of sp³-hybridized carbons (Fsp3) is 0.312. The van der Waals surface area contributed by atoms with E-state index in [0.717, 1.165) is 78.2 Å². The number of benzene rings is 3. The Hall–Kier alpha value is -4.10. The van der Waals surface area contributed by atoms with E-state index < -0.39 is 0 Å². The van der Waals surface area contributed by atoms with Gasteiger partial charge in [0.2, 0.25) is 0 Å². The second kappa shape index (κ2) is 9.27. The van der Waals surface area contributed by atoms with Crippen LogP contribution in [0.2, 0.25) is 0 Å². The molecule has 1 aromatic heterocycles. The number of aromatic nitrogens is 3. The quantitative estimate of drug-likeness (QED) is 0.378. The summed E-state index contributed by atoms with van der Waals surface area (Å²) in [6.07, 6.45) is 6.26. The van der Waals surface area contributed by atoms with Crippen LogP contribution in [0.4, 0.5) is 5.69 Å². The SMILES string of the molecule is Cc1cc(C(=O)N2CCc3cc4c(cc32)C2(CCN(C)CC2)CO4)ccc1-c1ccc(-c2nccnn2)cc1. The van der Waals surface area contributed by atoms with E-state index in [1.807, 2.05) is 29.2 Å². The second-order valence-corrected chi connectivity index (χ2v) is 11.1. The van der Waals surface area contributed by atoms with Crippen LogP contribution in [0.1, 0.15) is 39.9 Å². The highest BCUT2D eigenvalue weighted by Gasteiger charge is 2.44. The van der Waals surface area contributed by atoms with Gasteiger partial charge in [-0.1, -0.05) is 30.3 Å². The van der Waals surface area contributed by atoms with E-state index in [-0.39, 0.29) is 11.3 Å². The zero-order chi connectivity index (χ0) is 26.6. The predicted octanol–water partition coefficient (Wildman–Crippen LogP) is 5.07. The van der Waals surface area contributed by atoms with Gasteiger partial charge in [-0.05, 0) is 92.8 Å². The number of piperidine rings is 1. The average molecular weight is 518 g/mol. The van der Waals surface area contributed by atoms with Gasteiger partial charge in [0.05, 0.1) is 12.8 Å². The average Bonchev–Trinajstić information content (AvgIpc) is 3.55. The van der Waals surface area contributed by atoms with Crippen molar-refractivity contribution in [1.82, 2.24) is 20.1 Å². The third-order valence-electron chi connectivity index (χ3n) is 8.75. The zero-order valence-corrected chi connectivity index (χ0v) is 22.4. The Bertz CT molecular complexity index is 1560. The van der Waals surface area contributed by atoms with Crippen LogP contribution >= 0.6 is 0 Å². The topological polar surface area (TPSA) is 71.5 Å². The molecule has 0 aliphatic carbocycles. The molecule has 4 aromatic rings. The van der Waals surface area contributed by atoms with Gasteiger partial charge in [0.25, 0.3) is 5.91 Å². The molecule has 1 saturated heterocycles. The lowest BCUT2D eigenvalue weighted by atomic mass is 9.74. The number of carbonyl (C=O) groups is 1. The Labute approximate surface area is 228 Å². The Morgan fingerprint density at radius 3 is 2.49 bits per heavy atom. The number of fused-ring (bicyclic) bond motifs is 3.